The van der Waals surface area contributed by atoms with E-state index in [0.717, 1.165) is 18.0 Å². The Morgan fingerprint density at radius 2 is 2.55 bits per heavy atom. The summed E-state index contributed by atoms with van der Waals surface area (Å²) in [5.74, 6) is 5.24. The Morgan fingerprint density at radius 3 is 3.30 bits per heavy atom. The molecule has 5 nitrogen and oxygen atoms in total. The molecule has 0 radical (unpaired) electrons. The molecular formula is C14H18N2O3S. The molecule has 2 heterocycles. The van der Waals surface area contributed by atoms with Gasteiger partial charge in [0.2, 0.25) is 0 Å². The highest BCUT2D eigenvalue weighted by molar-refractivity contribution is 7.10. The fourth-order valence-electron chi connectivity index (χ4n) is 1.95. The highest BCUT2D eigenvalue weighted by Crippen LogP contribution is 2.13. The smallest absolute Gasteiger partial charge is 0.252 e. The van der Waals surface area contributed by atoms with E-state index in [9.17, 15) is 4.79 Å². The minimum atomic E-state index is -0.175. The number of morpholine rings is 1. The molecule has 1 aliphatic heterocycles. The van der Waals surface area contributed by atoms with Crippen molar-refractivity contribution in [2.45, 2.75) is 6.10 Å². The molecule has 1 fully saturated rings. The summed E-state index contributed by atoms with van der Waals surface area (Å²) in [6.07, 6.45) is 0.0463. The Bertz CT molecular complexity index is 518. The van der Waals surface area contributed by atoms with Gasteiger partial charge in [-0.3, -0.25) is 4.79 Å². The van der Waals surface area contributed by atoms with Crippen molar-refractivity contribution >= 4 is 17.2 Å². The van der Waals surface area contributed by atoms with Gasteiger partial charge in [0.05, 0.1) is 23.2 Å². The maximum Gasteiger partial charge on any atom is 0.252 e. The number of nitrogens with one attached hydrogen (secondary N) is 1. The van der Waals surface area contributed by atoms with E-state index in [0.29, 0.717) is 18.7 Å². The Labute approximate surface area is 122 Å². The minimum Gasteiger partial charge on any atom is -0.384 e. The molecule has 0 saturated carbocycles. The highest BCUT2D eigenvalue weighted by Gasteiger charge is 2.18. The van der Waals surface area contributed by atoms with Crippen LogP contribution in [0.25, 0.3) is 0 Å². The second-order valence-electron chi connectivity index (χ2n) is 4.62. The average molecular weight is 294 g/mol. The van der Waals surface area contributed by atoms with E-state index >= 15 is 0 Å². The monoisotopic (exact) mass is 294 g/mol. The molecule has 1 aromatic heterocycles. The number of likely N-dealkylation sites (N-methyl/N-ethyl adjacent to an activating group) is 1. The molecule has 0 spiro atoms. The molecule has 0 bridgehead atoms. The van der Waals surface area contributed by atoms with Crippen molar-refractivity contribution in [1.82, 2.24) is 10.2 Å². The average Bonchev–Trinajstić information content (AvgIpc) is 2.91. The second-order valence-corrected chi connectivity index (χ2v) is 5.54. The molecule has 1 aliphatic rings. The third-order valence-corrected chi connectivity index (χ3v) is 3.83. The molecule has 1 amide bonds. The molecule has 2 N–H and O–H groups in total. The highest BCUT2D eigenvalue weighted by atomic mass is 32.1. The van der Waals surface area contributed by atoms with E-state index in [1.165, 1.54) is 11.3 Å². The molecule has 1 aromatic rings. The number of thiophene rings is 1. The number of amides is 1. The molecule has 1 unspecified atom stereocenters. The van der Waals surface area contributed by atoms with Crippen LogP contribution in [-0.2, 0) is 4.74 Å². The Balaban J connectivity index is 1.83. The lowest BCUT2D eigenvalue weighted by Crippen LogP contribution is -2.45. The topological polar surface area (TPSA) is 61.8 Å². The first-order valence-electron chi connectivity index (χ1n) is 6.45. The standard InChI is InChI=1S/C14H18N2O3S/c1-16-4-6-19-12(9-16)8-15-14(18)11-7-13(20-10-11)3-2-5-17/h7,10,12,17H,4-6,8-9H2,1H3,(H,15,18). The van der Waals surface area contributed by atoms with Crippen molar-refractivity contribution < 1.29 is 14.6 Å². The van der Waals surface area contributed by atoms with E-state index in [4.69, 9.17) is 9.84 Å². The number of aliphatic hydroxyl groups is 1. The van der Waals surface area contributed by atoms with Gasteiger partial charge in [-0.15, -0.1) is 11.3 Å². The first-order valence-corrected chi connectivity index (χ1v) is 7.33. The number of hydrogen-bond donors (Lipinski definition) is 2. The summed E-state index contributed by atoms with van der Waals surface area (Å²) in [5, 5.41) is 13.3. The molecule has 2 rings (SSSR count). The number of aliphatic hydroxyl groups excluding tert-OH is 1. The third kappa shape index (κ3) is 4.32. The fourth-order valence-corrected chi connectivity index (χ4v) is 2.70. The first-order chi connectivity index (χ1) is 9.69. The second kappa shape index (κ2) is 7.41. The molecule has 1 saturated heterocycles. The third-order valence-electron chi connectivity index (χ3n) is 2.98. The molecule has 20 heavy (non-hydrogen) atoms. The summed E-state index contributed by atoms with van der Waals surface area (Å²) >= 11 is 1.39. The Morgan fingerprint density at radius 1 is 1.70 bits per heavy atom. The van der Waals surface area contributed by atoms with Crippen molar-refractivity contribution in [3.05, 3.63) is 21.9 Å². The normalized spacial score (nSPS) is 19.2. The van der Waals surface area contributed by atoms with Crippen LogP contribution in [0.15, 0.2) is 11.4 Å². The zero-order chi connectivity index (χ0) is 14.4. The molecule has 6 heteroatoms. The SMILES string of the molecule is CN1CCOC(CNC(=O)c2csc(C#CCO)c2)C1. The summed E-state index contributed by atoms with van der Waals surface area (Å²) < 4.78 is 5.59. The lowest BCUT2D eigenvalue weighted by molar-refractivity contribution is -0.0175. The number of nitrogens with zero attached hydrogens (tertiary/aromatic N) is 1. The summed E-state index contributed by atoms with van der Waals surface area (Å²) in [6, 6.07) is 1.73. The minimum absolute atomic E-state index is 0.0463. The van der Waals surface area contributed by atoms with Crippen molar-refractivity contribution in [1.29, 1.82) is 0 Å². The number of rotatable bonds is 3. The van der Waals surface area contributed by atoms with Gasteiger partial charge in [0, 0.05) is 25.0 Å². The van der Waals surface area contributed by atoms with Crippen LogP contribution in [0.4, 0.5) is 0 Å². The lowest BCUT2D eigenvalue weighted by Gasteiger charge is -2.30. The quantitative estimate of drug-likeness (QED) is 0.779. The summed E-state index contributed by atoms with van der Waals surface area (Å²) in [5.41, 5.74) is 0.599. The molecule has 108 valence electrons. The van der Waals surface area contributed by atoms with Gasteiger partial charge in [0.25, 0.3) is 5.91 Å². The van der Waals surface area contributed by atoms with Crippen molar-refractivity contribution in [3.63, 3.8) is 0 Å². The van der Waals surface area contributed by atoms with Gasteiger partial charge in [-0.25, -0.2) is 0 Å². The van der Waals surface area contributed by atoms with Crippen LogP contribution < -0.4 is 5.32 Å². The zero-order valence-electron chi connectivity index (χ0n) is 11.4. The van der Waals surface area contributed by atoms with Crippen LogP contribution in [0.3, 0.4) is 0 Å². The fraction of sp³-hybridized carbons (Fsp3) is 0.500. The van der Waals surface area contributed by atoms with Crippen molar-refractivity contribution in [2.75, 3.05) is 39.9 Å². The molecule has 0 aliphatic carbocycles. The number of carbonyl (C=O) groups excluding carboxylic acids is 1. The van der Waals surface area contributed by atoms with Crippen LogP contribution in [0, 0.1) is 11.8 Å². The van der Waals surface area contributed by atoms with E-state index in [1.54, 1.807) is 11.4 Å². The predicted octanol–water partition coefficient (Wildman–Crippen LogP) is 0.152. The van der Waals surface area contributed by atoms with E-state index in [2.05, 4.69) is 22.1 Å². The van der Waals surface area contributed by atoms with Gasteiger partial charge in [-0.2, -0.15) is 0 Å². The predicted molar refractivity (Wildman–Crippen MR) is 77.9 cm³/mol. The maximum atomic E-state index is 12.0. The summed E-state index contributed by atoms with van der Waals surface area (Å²) in [7, 11) is 2.04. The van der Waals surface area contributed by atoms with Gasteiger partial charge in [-0.1, -0.05) is 11.8 Å². The van der Waals surface area contributed by atoms with Gasteiger partial charge < -0.3 is 20.1 Å². The van der Waals surface area contributed by atoms with Gasteiger partial charge in [0.15, 0.2) is 0 Å². The van der Waals surface area contributed by atoms with E-state index in [1.807, 2.05) is 7.05 Å². The summed E-state index contributed by atoms with van der Waals surface area (Å²) in [6.45, 7) is 2.80. The van der Waals surface area contributed by atoms with Crippen molar-refractivity contribution in [3.8, 4) is 11.8 Å². The van der Waals surface area contributed by atoms with Gasteiger partial charge in [-0.05, 0) is 13.1 Å². The van der Waals surface area contributed by atoms with Crippen molar-refractivity contribution in [2.24, 2.45) is 0 Å². The zero-order valence-corrected chi connectivity index (χ0v) is 12.2. The molecular weight excluding hydrogens is 276 g/mol. The Hall–Kier alpha value is -1.39. The van der Waals surface area contributed by atoms with Crippen LogP contribution in [0.5, 0.6) is 0 Å². The van der Waals surface area contributed by atoms with E-state index < -0.39 is 0 Å². The lowest BCUT2D eigenvalue weighted by atomic mass is 10.2. The van der Waals surface area contributed by atoms with Crippen LogP contribution in [0.2, 0.25) is 0 Å². The van der Waals surface area contributed by atoms with Crippen LogP contribution in [-0.4, -0.2) is 61.9 Å². The van der Waals surface area contributed by atoms with Gasteiger partial charge >= 0.3 is 0 Å². The molecule has 1 atom stereocenters. The van der Waals surface area contributed by atoms with E-state index in [-0.39, 0.29) is 18.6 Å². The number of hydrogen-bond acceptors (Lipinski definition) is 5. The van der Waals surface area contributed by atoms with Crippen LogP contribution >= 0.6 is 11.3 Å². The maximum absolute atomic E-state index is 12.0. The Kier molecular flexibility index (Phi) is 5.56. The first kappa shape index (κ1) is 15.0. The summed E-state index contributed by atoms with van der Waals surface area (Å²) in [4.78, 5) is 14.9. The number of ether oxygens (including phenoxy) is 1. The number of carbonyl (C=O) groups is 1. The largest absolute Gasteiger partial charge is 0.384 e. The van der Waals surface area contributed by atoms with Gasteiger partial charge in [0.1, 0.15) is 6.61 Å². The molecule has 0 aromatic carbocycles. The van der Waals surface area contributed by atoms with Crippen LogP contribution in [0.1, 0.15) is 15.2 Å².